The Balaban J connectivity index is 2.20. The fourth-order valence-electron chi connectivity index (χ4n) is 1.83. The van der Waals surface area contributed by atoms with Crippen molar-refractivity contribution in [2.45, 2.75) is 19.8 Å². The van der Waals surface area contributed by atoms with Crippen molar-refractivity contribution in [1.82, 2.24) is 19.8 Å². The monoisotopic (exact) mass is 512 g/mol. The molecule has 0 unspecified atom stereocenters. The Bertz CT molecular complexity index is 796. The molecule has 0 aliphatic carbocycles. The zero-order valence-electron chi connectivity index (χ0n) is 10.6. The number of phenols is 1. The molecule has 0 aliphatic rings. The number of hydrogen-bond acceptors (Lipinski definition) is 5. The van der Waals surface area contributed by atoms with Crippen molar-refractivity contribution in [1.29, 1.82) is 0 Å². The van der Waals surface area contributed by atoms with Crippen molar-refractivity contribution in [3.8, 4) is 16.3 Å². The van der Waals surface area contributed by atoms with E-state index < -0.39 is 0 Å². The molecule has 0 spiro atoms. The van der Waals surface area contributed by atoms with E-state index in [9.17, 15) is 5.11 Å². The van der Waals surface area contributed by atoms with Crippen LogP contribution in [0.3, 0.4) is 0 Å². The van der Waals surface area contributed by atoms with Crippen LogP contribution in [-0.2, 0) is 0 Å². The number of aromatic hydroxyl groups is 1. The summed E-state index contributed by atoms with van der Waals surface area (Å²) < 4.78 is 3.64. The number of nitrogens with zero attached hydrogens (tertiary/aromatic N) is 4. The molecule has 5 nitrogen and oxygen atoms in total. The van der Waals surface area contributed by atoms with Gasteiger partial charge in [0.1, 0.15) is 5.75 Å². The van der Waals surface area contributed by atoms with Crippen LogP contribution in [0.1, 0.15) is 25.6 Å². The molecule has 3 rings (SSSR count). The van der Waals surface area contributed by atoms with Gasteiger partial charge in [-0.25, -0.2) is 0 Å². The van der Waals surface area contributed by atoms with Crippen molar-refractivity contribution in [2.24, 2.45) is 0 Å². The first-order valence-corrected chi connectivity index (χ1v) is 8.85. The highest BCUT2D eigenvalue weighted by Crippen LogP contribution is 2.37. The van der Waals surface area contributed by atoms with Gasteiger partial charge in [0.15, 0.2) is 10.8 Å². The third kappa shape index (κ3) is 2.41. The minimum absolute atomic E-state index is 0.254. The summed E-state index contributed by atoms with van der Waals surface area (Å²) in [4.78, 5) is 0.747. The van der Waals surface area contributed by atoms with Crippen LogP contribution >= 0.6 is 56.5 Å². The highest BCUT2D eigenvalue weighted by molar-refractivity contribution is 14.1. The fourth-order valence-corrected chi connectivity index (χ4v) is 4.54. The molecular weight excluding hydrogens is 502 g/mol. The molecule has 2 heterocycles. The Morgan fingerprint density at radius 3 is 2.70 bits per heavy atom. The predicted molar refractivity (Wildman–Crippen MR) is 95.3 cm³/mol. The van der Waals surface area contributed by atoms with E-state index >= 15 is 0 Å². The number of hydrogen-bond donors (Lipinski definition) is 1. The average molecular weight is 512 g/mol. The third-order valence-electron chi connectivity index (χ3n) is 2.79. The Hall–Kier alpha value is -0.490. The summed E-state index contributed by atoms with van der Waals surface area (Å²) in [5, 5.41) is 23.8. The van der Waals surface area contributed by atoms with Crippen molar-refractivity contribution < 1.29 is 5.11 Å². The van der Waals surface area contributed by atoms with Crippen LogP contribution in [0.15, 0.2) is 12.1 Å². The van der Waals surface area contributed by atoms with Gasteiger partial charge in [-0.3, -0.25) is 0 Å². The maximum atomic E-state index is 10.2. The first-order valence-electron chi connectivity index (χ1n) is 5.88. The van der Waals surface area contributed by atoms with Gasteiger partial charge in [0.05, 0.1) is 9.13 Å². The van der Waals surface area contributed by atoms with Gasteiger partial charge in [-0.2, -0.15) is 9.61 Å². The van der Waals surface area contributed by atoms with Crippen LogP contribution in [0.4, 0.5) is 0 Å². The van der Waals surface area contributed by atoms with Gasteiger partial charge in [0, 0.05) is 9.49 Å². The van der Waals surface area contributed by atoms with Crippen LogP contribution in [0.25, 0.3) is 15.5 Å². The normalized spacial score (nSPS) is 11.7. The van der Waals surface area contributed by atoms with Gasteiger partial charge < -0.3 is 5.11 Å². The Labute approximate surface area is 146 Å². The van der Waals surface area contributed by atoms with Crippen LogP contribution in [0.5, 0.6) is 5.75 Å². The molecule has 3 aromatic rings. The zero-order valence-corrected chi connectivity index (χ0v) is 15.8. The van der Waals surface area contributed by atoms with E-state index in [0.717, 1.165) is 28.5 Å². The van der Waals surface area contributed by atoms with Crippen LogP contribution in [-0.4, -0.2) is 24.9 Å². The molecule has 8 heteroatoms. The summed E-state index contributed by atoms with van der Waals surface area (Å²) in [7, 11) is 0. The van der Waals surface area contributed by atoms with Crippen LogP contribution < -0.4 is 0 Å². The lowest BCUT2D eigenvalue weighted by Gasteiger charge is -2.04. The predicted octanol–water partition coefficient (Wildman–Crippen LogP) is 3.89. The quantitative estimate of drug-likeness (QED) is 0.530. The zero-order chi connectivity index (χ0) is 14.4. The number of aromatic nitrogens is 4. The lowest BCUT2D eigenvalue weighted by atomic mass is 10.2. The number of rotatable bonds is 2. The molecule has 0 aliphatic heterocycles. The van der Waals surface area contributed by atoms with E-state index in [0.29, 0.717) is 0 Å². The molecule has 0 saturated carbocycles. The Morgan fingerprint density at radius 1 is 1.25 bits per heavy atom. The van der Waals surface area contributed by atoms with Gasteiger partial charge in [0.2, 0.25) is 4.96 Å². The summed E-state index contributed by atoms with van der Waals surface area (Å²) in [6.07, 6.45) is 0. The summed E-state index contributed by atoms with van der Waals surface area (Å²) in [5.41, 5.74) is 0.742. The molecule has 0 saturated heterocycles. The molecular formula is C12H10I2N4OS. The first kappa shape index (κ1) is 14.4. The van der Waals surface area contributed by atoms with Gasteiger partial charge >= 0.3 is 0 Å². The van der Waals surface area contributed by atoms with Gasteiger partial charge in [0.25, 0.3) is 0 Å². The minimum atomic E-state index is 0.254. The average Bonchev–Trinajstić information content (AvgIpc) is 2.92. The summed E-state index contributed by atoms with van der Waals surface area (Å²) in [6, 6.07) is 3.86. The molecule has 2 aromatic heterocycles. The first-order chi connectivity index (χ1) is 9.47. The smallest absolute Gasteiger partial charge is 0.234 e. The molecule has 0 atom stereocenters. The Morgan fingerprint density at radius 2 is 2.00 bits per heavy atom. The highest BCUT2D eigenvalue weighted by atomic mass is 127. The molecule has 0 amide bonds. The number of benzene rings is 1. The fraction of sp³-hybridized carbons (Fsp3) is 0.250. The summed E-state index contributed by atoms with van der Waals surface area (Å²) >= 11 is 5.79. The lowest BCUT2D eigenvalue weighted by Crippen LogP contribution is -1.98. The number of phenolic OH excluding ortho intramolecular Hbond substituents is 1. The Kier molecular flexibility index (Phi) is 3.88. The molecule has 0 bridgehead atoms. The van der Waals surface area contributed by atoms with E-state index in [2.05, 4.69) is 74.3 Å². The molecule has 0 radical (unpaired) electrons. The second-order valence-electron chi connectivity index (χ2n) is 4.60. The highest BCUT2D eigenvalue weighted by Gasteiger charge is 2.18. The van der Waals surface area contributed by atoms with Crippen molar-refractivity contribution in [2.75, 3.05) is 0 Å². The van der Waals surface area contributed by atoms with E-state index in [1.165, 1.54) is 11.3 Å². The van der Waals surface area contributed by atoms with Crippen molar-refractivity contribution in [3.05, 3.63) is 25.1 Å². The minimum Gasteiger partial charge on any atom is -0.506 e. The lowest BCUT2D eigenvalue weighted by molar-refractivity contribution is 0.473. The van der Waals surface area contributed by atoms with Gasteiger partial charge in [-0.15, -0.1) is 10.2 Å². The van der Waals surface area contributed by atoms with E-state index in [4.69, 9.17) is 0 Å². The third-order valence-corrected chi connectivity index (χ3v) is 5.17. The van der Waals surface area contributed by atoms with Crippen LogP contribution in [0.2, 0.25) is 0 Å². The second-order valence-corrected chi connectivity index (χ2v) is 7.96. The number of halogens is 2. The number of fused-ring (bicyclic) bond motifs is 1. The molecule has 1 N–H and O–H groups in total. The standard InChI is InChI=1S/C12H10I2N4OS/c1-5(2)10-15-16-12-18(10)17-11(20-12)7-3-6(13)4-8(14)9(7)19/h3-5,19H,1-2H3. The van der Waals surface area contributed by atoms with Crippen molar-refractivity contribution in [3.63, 3.8) is 0 Å². The largest absolute Gasteiger partial charge is 0.506 e. The molecule has 1 aromatic carbocycles. The van der Waals surface area contributed by atoms with E-state index in [-0.39, 0.29) is 11.7 Å². The molecule has 104 valence electrons. The van der Waals surface area contributed by atoms with Crippen molar-refractivity contribution >= 4 is 61.5 Å². The summed E-state index contributed by atoms with van der Waals surface area (Å²) in [6.45, 7) is 4.11. The topological polar surface area (TPSA) is 63.3 Å². The van der Waals surface area contributed by atoms with E-state index in [1.54, 1.807) is 4.52 Å². The second kappa shape index (κ2) is 5.37. The van der Waals surface area contributed by atoms with Gasteiger partial charge in [-0.1, -0.05) is 25.2 Å². The SMILES string of the molecule is CC(C)c1nnc2sc(-c3cc(I)cc(I)c3O)nn12. The summed E-state index contributed by atoms with van der Waals surface area (Å²) in [5.74, 6) is 1.36. The van der Waals surface area contributed by atoms with E-state index in [1.807, 2.05) is 12.1 Å². The van der Waals surface area contributed by atoms with Gasteiger partial charge in [-0.05, 0) is 57.3 Å². The maximum Gasteiger partial charge on any atom is 0.234 e. The maximum absolute atomic E-state index is 10.2. The molecule has 0 fully saturated rings. The molecule has 20 heavy (non-hydrogen) atoms. The van der Waals surface area contributed by atoms with Crippen LogP contribution in [0, 0.1) is 7.14 Å².